The molecule has 82 valence electrons. The van der Waals surface area contributed by atoms with Crippen LogP contribution in [-0.2, 0) is 14.3 Å². The molecule has 0 radical (unpaired) electrons. The van der Waals surface area contributed by atoms with Crippen LogP contribution in [0.25, 0.3) is 0 Å². The molecule has 0 aromatic rings. The zero-order valence-electron chi connectivity index (χ0n) is 9.12. The van der Waals surface area contributed by atoms with Crippen LogP contribution in [0.4, 0.5) is 0 Å². The summed E-state index contributed by atoms with van der Waals surface area (Å²) in [5.41, 5.74) is 0. The summed E-state index contributed by atoms with van der Waals surface area (Å²) in [6.07, 6.45) is 5.29. The van der Waals surface area contributed by atoms with Crippen molar-refractivity contribution < 1.29 is 14.3 Å². The Labute approximate surface area is 85.8 Å². The van der Waals surface area contributed by atoms with Crippen LogP contribution in [0, 0.1) is 5.92 Å². The van der Waals surface area contributed by atoms with E-state index in [1.54, 1.807) is 0 Å². The molecule has 3 heteroatoms. The molecule has 0 aliphatic heterocycles. The molecule has 1 unspecified atom stereocenters. The van der Waals surface area contributed by atoms with Gasteiger partial charge in [-0.1, -0.05) is 19.8 Å². The van der Waals surface area contributed by atoms with E-state index in [4.69, 9.17) is 9.47 Å². The molecule has 0 amide bonds. The van der Waals surface area contributed by atoms with Crippen molar-refractivity contribution in [1.29, 1.82) is 0 Å². The van der Waals surface area contributed by atoms with Crippen LogP contribution in [0.1, 0.15) is 39.0 Å². The number of unbranched alkanes of at least 4 members (excludes halogenated alkanes) is 2. The van der Waals surface area contributed by atoms with Gasteiger partial charge in [-0.25, -0.2) is 4.79 Å². The number of rotatable bonds is 7. The minimum Gasteiger partial charge on any atom is -0.467 e. The third-order valence-corrected chi connectivity index (χ3v) is 2.53. The average Bonchev–Trinajstić information content (AvgIpc) is 3.01. The van der Waals surface area contributed by atoms with E-state index in [2.05, 4.69) is 6.92 Å². The molecule has 0 spiro atoms. The highest BCUT2D eigenvalue weighted by Gasteiger charge is 2.37. The molecule has 1 atom stereocenters. The molecule has 0 saturated heterocycles. The summed E-state index contributed by atoms with van der Waals surface area (Å²) in [5, 5.41) is 0. The zero-order chi connectivity index (χ0) is 10.4. The maximum absolute atomic E-state index is 11.3. The SMILES string of the molecule is CCCCCOC(C(=O)OC)C1CC1. The molecular weight excluding hydrogens is 180 g/mol. The average molecular weight is 200 g/mol. The maximum Gasteiger partial charge on any atom is 0.335 e. The van der Waals surface area contributed by atoms with Crippen molar-refractivity contribution in [3.8, 4) is 0 Å². The standard InChI is InChI=1S/C11H20O3/c1-3-4-5-8-14-10(9-6-7-9)11(12)13-2/h9-10H,3-8H2,1-2H3. The first kappa shape index (κ1) is 11.5. The third kappa shape index (κ3) is 3.66. The van der Waals surface area contributed by atoms with E-state index in [-0.39, 0.29) is 12.1 Å². The molecule has 14 heavy (non-hydrogen) atoms. The van der Waals surface area contributed by atoms with Crippen LogP contribution in [0.2, 0.25) is 0 Å². The summed E-state index contributed by atoms with van der Waals surface area (Å²) in [4.78, 5) is 11.3. The number of hydrogen-bond donors (Lipinski definition) is 0. The van der Waals surface area contributed by atoms with Gasteiger partial charge < -0.3 is 9.47 Å². The van der Waals surface area contributed by atoms with E-state index in [0.29, 0.717) is 12.5 Å². The van der Waals surface area contributed by atoms with Gasteiger partial charge in [0.05, 0.1) is 7.11 Å². The second-order valence-corrected chi connectivity index (χ2v) is 3.86. The molecule has 1 aliphatic rings. The van der Waals surface area contributed by atoms with E-state index in [1.165, 1.54) is 20.0 Å². The number of ether oxygens (including phenoxy) is 2. The summed E-state index contributed by atoms with van der Waals surface area (Å²) in [7, 11) is 1.42. The molecule has 1 saturated carbocycles. The predicted octanol–water partition coefficient (Wildman–Crippen LogP) is 2.14. The van der Waals surface area contributed by atoms with Gasteiger partial charge in [-0.2, -0.15) is 0 Å². The Kier molecular flexibility index (Phi) is 4.94. The molecule has 0 aromatic heterocycles. The highest BCUT2D eigenvalue weighted by Crippen LogP contribution is 2.34. The quantitative estimate of drug-likeness (QED) is 0.466. The normalized spacial score (nSPS) is 17.9. The van der Waals surface area contributed by atoms with E-state index in [9.17, 15) is 4.79 Å². The number of carbonyl (C=O) groups is 1. The minimum absolute atomic E-state index is 0.205. The Morgan fingerprint density at radius 3 is 2.64 bits per heavy atom. The van der Waals surface area contributed by atoms with Gasteiger partial charge in [0, 0.05) is 6.61 Å². The minimum atomic E-state index is -0.295. The lowest BCUT2D eigenvalue weighted by Crippen LogP contribution is -2.28. The van der Waals surface area contributed by atoms with Crippen molar-refractivity contribution in [2.24, 2.45) is 5.92 Å². The zero-order valence-corrected chi connectivity index (χ0v) is 9.12. The lowest BCUT2D eigenvalue weighted by molar-refractivity contribution is -0.155. The van der Waals surface area contributed by atoms with Crippen LogP contribution in [0.5, 0.6) is 0 Å². The molecule has 0 aromatic carbocycles. The first-order valence-electron chi connectivity index (χ1n) is 5.49. The highest BCUT2D eigenvalue weighted by atomic mass is 16.6. The maximum atomic E-state index is 11.3. The van der Waals surface area contributed by atoms with Crippen LogP contribution in [-0.4, -0.2) is 25.8 Å². The summed E-state index contributed by atoms with van der Waals surface area (Å²) in [6, 6.07) is 0. The summed E-state index contributed by atoms with van der Waals surface area (Å²) in [6.45, 7) is 2.84. The molecular formula is C11H20O3. The van der Waals surface area contributed by atoms with Crippen molar-refractivity contribution in [1.82, 2.24) is 0 Å². The van der Waals surface area contributed by atoms with Gasteiger partial charge in [0.25, 0.3) is 0 Å². The summed E-state index contributed by atoms with van der Waals surface area (Å²) < 4.78 is 10.3. The van der Waals surface area contributed by atoms with Gasteiger partial charge in [-0.15, -0.1) is 0 Å². The van der Waals surface area contributed by atoms with Crippen molar-refractivity contribution in [2.45, 2.75) is 45.1 Å². The van der Waals surface area contributed by atoms with Crippen molar-refractivity contribution in [3.63, 3.8) is 0 Å². The molecule has 1 fully saturated rings. The largest absolute Gasteiger partial charge is 0.467 e. The lowest BCUT2D eigenvalue weighted by atomic mass is 10.2. The fourth-order valence-electron chi connectivity index (χ4n) is 1.47. The van der Waals surface area contributed by atoms with Crippen LogP contribution in [0.15, 0.2) is 0 Å². The van der Waals surface area contributed by atoms with Crippen LogP contribution in [0.3, 0.4) is 0 Å². The number of hydrogen-bond acceptors (Lipinski definition) is 3. The van der Waals surface area contributed by atoms with Gasteiger partial charge in [0.15, 0.2) is 6.10 Å². The molecule has 0 heterocycles. The molecule has 1 aliphatic carbocycles. The topological polar surface area (TPSA) is 35.5 Å². The van der Waals surface area contributed by atoms with E-state index >= 15 is 0 Å². The molecule has 0 N–H and O–H groups in total. The monoisotopic (exact) mass is 200 g/mol. The Bertz CT molecular complexity index is 175. The highest BCUT2D eigenvalue weighted by molar-refractivity contribution is 5.75. The second-order valence-electron chi connectivity index (χ2n) is 3.86. The Morgan fingerprint density at radius 1 is 1.43 bits per heavy atom. The molecule has 1 rings (SSSR count). The number of esters is 1. The third-order valence-electron chi connectivity index (χ3n) is 2.53. The Balaban J connectivity index is 2.18. The van der Waals surface area contributed by atoms with Crippen molar-refractivity contribution in [2.75, 3.05) is 13.7 Å². The summed E-state index contributed by atoms with van der Waals surface area (Å²) >= 11 is 0. The smallest absolute Gasteiger partial charge is 0.335 e. The Morgan fingerprint density at radius 2 is 2.14 bits per heavy atom. The van der Waals surface area contributed by atoms with E-state index in [0.717, 1.165) is 19.3 Å². The van der Waals surface area contributed by atoms with Gasteiger partial charge in [0.1, 0.15) is 0 Å². The van der Waals surface area contributed by atoms with E-state index < -0.39 is 0 Å². The van der Waals surface area contributed by atoms with Crippen molar-refractivity contribution in [3.05, 3.63) is 0 Å². The molecule has 0 bridgehead atoms. The number of carbonyl (C=O) groups excluding carboxylic acids is 1. The molecule has 3 nitrogen and oxygen atoms in total. The first-order chi connectivity index (χ1) is 6.79. The van der Waals surface area contributed by atoms with Crippen molar-refractivity contribution >= 4 is 5.97 Å². The van der Waals surface area contributed by atoms with Gasteiger partial charge in [-0.05, 0) is 25.2 Å². The fourth-order valence-corrected chi connectivity index (χ4v) is 1.47. The van der Waals surface area contributed by atoms with Crippen LogP contribution >= 0.6 is 0 Å². The second kappa shape index (κ2) is 6.02. The number of methoxy groups -OCH3 is 1. The van der Waals surface area contributed by atoms with Crippen LogP contribution < -0.4 is 0 Å². The van der Waals surface area contributed by atoms with E-state index in [1.807, 2.05) is 0 Å². The van der Waals surface area contributed by atoms with Gasteiger partial charge >= 0.3 is 5.97 Å². The van der Waals surface area contributed by atoms with Gasteiger partial charge in [-0.3, -0.25) is 0 Å². The summed E-state index contributed by atoms with van der Waals surface area (Å²) in [5.74, 6) is 0.216. The van der Waals surface area contributed by atoms with Gasteiger partial charge in [0.2, 0.25) is 0 Å². The predicted molar refractivity (Wildman–Crippen MR) is 54.0 cm³/mol. The Hall–Kier alpha value is -0.570. The lowest BCUT2D eigenvalue weighted by Gasteiger charge is -2.14. The first-order valence-corrected chi connectivity index (χ1v) is 5.49. The fraction of sp³-hybridized carbons (Fsp3) is 0.909.